The van der Waals surface area contributed by atoms with Crippen LogP contribution in [0.2, 0.25) is 5.02 Å². The van der Waals surface area contributed by atoms with Crippen molar-refractivity contribution in [3.05, 3.63) is 80.8 Å². The Hall–Kier alpha value is -2.96. The summed E-state index contributed by atoms with van der Waals surface area (Å²) in [5.74, 6) is 0.718. The highest BCUT2D eigenvalue weighted by atomic mass is 35.5. The molecule has 134 valence electrons. The highest BCUT2D eigenvalue weighted by Gasteiger charge is 2.15. The number of fused-ring (bicyclic) bond motifs is 1. The molecule has 3 aromatic heterocycles. The number of aromatic nitrogens is 3. The lowest BCUT2D eigenvalue weighted by Gasteiger charge is -2.05. The second-order valence-corrected chi connectivity index (χ2v) is 6.92. The first-order chi connectivity index (χ1) is 13.2. The Morgan fingerprint density at radius 2 is 2.11 bits per heavy atom. The molecule has 0 fully saturated rings. The summed E-state index contributed by atoms with van der Waals surface area (Å²) < 4.78 is 6.80. The Balaban J connectivity index is 1.82. The molecule has 0 aliphatic heterocycles. The van der Waals surface area contributed by atoms with E-state index in [0.29, 0.717) is 10.7 Å². The molecule has 3 heterocycles. The van der Waals surface area contributed by atoms with Crippen LogP contribution in [0.15, 0.2) is 59.0 Å². The molecule has 0 aliphatic carbocycles. The summed E-state index contributed by atoms with van der Waals surface area (Å²) in [5.41, 5.74) is 2.63. The van der Waals surface area contributed by atoms with Gasteiger partial charge in [0.25, 0.3) is 5.56 Å². The van der Waals surface area contributed by atoms with Crippen LogP contribution < -0.4 is 10.3 Å². The summed E-state index contributed by atoms with van der Waals surface area (Å²) in [6, 6.07) is 11.3. The second-order valence-electron chi connectivity index (χ2n) is 5.71. The van der Waals surface area contributed by atoms with E-state index in [1.807, 2.05) is 47.9 Å². The fourth-order valence-electron chi connectivity index (χ4n) is 2.69. The number of halogens is 1. The predicted octanol–water partition coefficient (Wildman–Crippen LogP) is 4.65. The van der Waals surface area contributed by atoms with Crippen LogP contribution in [0.3, 0.4) is 0 Å². The minimum absolute atomic E-state index is 0.0789. The molecular formula is C20H14ClN3O2S. The summed E-state index contributed by atoms with van der Waals surface area (Å²) >= 11 is 7.72. The highest BCUT2D eigenvalue weighted by molar-refractivity contribution is 7.15. The lowest BCUT2D eigenvalue weighted by atomic mass is 10.1. The summed E-state index contributed by atoms with van der Waals surface area (Å²) in [4.78, 5) is 22.1. The number of hydrogen-bond donors (Lipinski definition) is 0. The van der Waals surface area contributed by atoms with Crippen molar-refractivity contribution >= 4 is 40.1 Å². The third-order valence-electron chi connectivity index (χ3n) is 4.02. The van der Waals surface area contributed by atoms with Gasteiger partial charge < -0.3 is 4.74 Å². The monoisotopic (exact) mass is 395 g/mol. The van der Waals surface area contributed by atoms with Crippen LogP contribution in [-0.4, -0.2) is 21.5 Å². The molecule has 1 aromatic carbocycles. The van der Waals surface area contributed by atoms with Gasteiger partial charge >= 0.3 is 0 Å². The van der Waals surface area contributed by atoms with Crippen LogP contribution in [-0.2, 0) is 0 Å². The number of ether oxygens (including phenoxy) is 1. The average molecular weight is 396 g/mol. The van der Waals surface area contributed by atoms with E-state index < -0.39 is 0 Å². The molecule has 0 unspecified atom stereocenters. The van der Waals surface area contributed by atoms with E-state index >= 15 is 0 Å². The number of benzene rings is 1. The first-order valence-electron chi connectivity index (χ1n) is 8.09. The van der Waals surface area contributed by atoms with E-state index in [2.05, 4.69) is 9.97 Å². The van der Waals surface area contributed by atoms with Crippen molar-refractivity contribution in [2.45, 2.75) is 0 Å². The Morgan fingerprint density at radius 1 is 1.22 bits per heavy atom. The first-order valence-corrected chi connectivity index (χ1v) is 9.35. The van der Waals surface area contributed by atoms with Gasteiger partial charge in [-0.2, -0.15) is 0 Å². The minimum atomic E-state index is -0.299. The van der Waals surface area contributed by atoms with Gasteiger partial charge in [-0.15, -0.1) is 11.3 Å². The third kappa shape index (κ3) is 3.37. The Kier molecular flexibility index (Phi) is 4.75. The van der Waals surface area contributed by atoms with Crippen molar-refractivity contribution in [3.63, 3.8) is 0 Å². The first kappa shape index (κ1) is 17.5. The molecule has 4 rings (SSSR count). The van der Waals surface area contributed by atoms with Gasteiger partial charge in [-0.1, -0.05) is 35.9 Å². The Labute approximate surface area is 164 Å². The van der Waals surface area contributed by atoms with E-state index in [1.54, 1.807) is 25.6 Å². The van der Waals surface area contributed by atoms with Gasteiger partial charge in [0.2, 0.25) is 0 Å². The zero-order chi connectivity index (χ0) is 18.8. The summed E-state index contributed by atoms with van der Waals surface area (Å²) in [7, 11) is 1.61. The molecule has 0 amide bonds. The SMILES string of the molecule is COc1cccc(-c2csc3nc(C=Cc4cccnc4)c(Cl)c(=O)n23)c1. The summed E-state index contributed by atoms with van der Waals surface area (Å²) in [5, 5.41) is 1.97. The van der Waals surface area contributed by atoms with Gasteiger partial charge in [-0.25, -0.2) is 9.38 Å². The number of hydrogen-bond acceptors (Lipinski definition) is 5. The van der Waals surface area contributed by atoms with Crippen molar-refractivity contribution in [2.75, 3.05) is 7.11 Å². The molecule has 27 heavy (non-hydrogen) atoms. The normalized spacial score (nSPS) is 11.3. The van der Waals surface area contributed by atoms with Crippen LogP contribution in [0.1, 0.15) is 11.3 Å². The fraction of sp³-hybridized carbons (Fsp3) is 0.0500. The second kappa shape index (κ2) is 7.34. The topological polar surface area (TPSA) is 56.5 Å². The number of thiazole rings is 1. The van der Waals surface area contributed by atoms with Gasteiger partial charge in [-0.3, -0.25) is 9.78 Å². The van der Waals surface area contributed by atoms with E-state index in [9.17, 15) is 4.79 Å². The summed E-state index contributed by atoms with van der Waals surface area (Å²) in [6.45, 7) is 0. The van der Waals surface area contributed by atoms with Gasteiger partial charge in [0.15, 0.2) is 4.96 Å². The number of nitrogens with zero attached hydrogens (tertiary/aromatic N) is 3. The number of rotatable bonds is 4. The Bertz CT molecular complexity index is 1200. The van der Waals surface area contributed by atoms with Crippen LogP contribution in [0.5, 0.6) is 5.75 Å². The Morgan fingerprint density at radius 3 is 2.89 bits per heavy atom. The quantitative estimate of drug-likeness (QED) is 0.504. The summed E-state index contributed by atoms with van der Waals surface area (Å²) in [6.07, 6.45) is 6.98. The zero-order valence-electron chi connectivity index (χ0n) is 14.3. The smallest absolute Gasteiger partial charge is 0.278 e. The minimum Gasteiger partial charge on any atom is -0.497 e. The van der Waals surface area contributed by atoms with Gasteiger partial charge in [-0.05, 0) is 29.8 Å². The highest BCUT2D eigenvalue weighted by Crippen LogP contribution is 2.28. The van der Waals surface area contributed by atoms with Gasteiger partial charge in [0, 0.05) is 23.3 Å². The van der Waals surface area contributed by atoms with Crippen molar-refractivity contribution in [1.29, 1.82) is 0 Å². The maximum atomic E-state index is 12.9. The standard InChI is InChI=1S/C20H14ClN3O2S/c1-26-15-6-2-5-14(10-15)17-12-27-20-23-16(18(21)19(25)24(17)20)8-7-13-4-3-9-22-11-13/h2-12H,1H3. The van der Waals surface area contributed by atoms with E-state index in [0.717, 1.165) is 22.6 Å². The molecule has 0 saturated carbocycles. The molecule has 0 spiro atoms. The van der Waals surface area contributed by atoms with Crippen molar-refractivity contribution in [3.8, 4) is 17.0 Å². The molecular weight excluding hydrogens is 382 g/mol. The van der Waals surface area contributed by atoms with E-state index in [-0.39, 0.29) is 10.6 Å². The van der Waals surface area contributed by atoms with Crippen LogP contribution >= 0.6 is 22.9 Å². The lowest BCUT2D eigenvalue weighted by Crippen LogP contribution is -2.16. The molecule has 0 radical (unpaired) electrons. The molecule has 0 atom stereocenters. The molecule has 0 saturated heterocycles. The van der Waals surface area contributed by atoms with Crippen molar-refractivity contribution in [2.24, 2.45) is 0 Å². The maximum Gasteiger partial charge on any atom is 0.278 e. The molecule has 0 bridgehead atoms. The fourth-order valence-corrected chi connectivity index (χ4v) is 3.78. The van der Waals surface area contributed by atoms with Crippen molar-refractivity contribution in [1.82, 2.24) is 14.4 Å². The van der Waals surface area contributed by atoms with Gasteiger partial charge in [0.1, 0.15) is 10.8 Å². The number of methoxy groups -OCH3 is 1. The van der Waals surface area contributed by atoms with Crippen LogP contribution in [0.25, 0.3) is 28.4 Å². The lowest BCUT2D eigenvalue weighted by molar-refractivity contribution is 0.415. The molecule has 0 N–H and O–H groups in total. The third-order valence-corrected chi connectivity index (χ3v) is 5.20. The van der Waals surface area contributed by atoms with Crippen LogP contribution in [0.4, 0.5) is 0 Å². The van der Waals surface area contributed by atoms with Crippen molar-refractivity contribution < 1.29 is 4.74 Å². The largest absolute Gasteiger partial charge is 0.497 e. The zero-order valence-corrected chi connectivity index (χ0v) is 15.9. The van der Waals surface area contributed by atoms with E-state index in [4.69, 9.17) is 16.3 Å². The molecule has 7 heteroatoms. The van der Waals surface area contributed by atoms with Crippen LogP contribution in [0, 0.1) is 0 Å². The molecule has 4 aromatic rings. The van der Waals surface area contributed by atoms with E-state index in [1.165, 1.54) is 15.7 Å². The molecule has 0 aliphatic rings. The predicted molar refractivity (Wildman–Crippen MR) is 110 cm³/mol. The van der Waals surface area contributed by atoms with Gasteiger partial charge in [0.05, 0.1) is 18.5 Å². The number of pyridine rings is 1. The maximum absolute atomic E-state index is 12.9. The molecule has 5 nitrogen and oxygen atoms in total. The average Bonchev–Trinajstić information content (AvgIpc) is 3.14.